The molecule has 0 fully saturated rings. The Balaban J connectivity index is 1.75. The number of ether oxygens (including phenoxy) is 1. The first-order chi connectivity index (χ1) is 10.2. The highest BCUT2D eigenvalue weighted by Gasteiger charge is 2.24. The van der Waals surface area contributed by atoms with Crippen LogP contribution < -0.4 is 10.3 Å². The number of nitrogens with one attached hydrogen (secondary N) is 2. The fourth-order valence-corrected chi connectivity index (χ4v) is 2.55. The monoisotopic (exact) mass is 287 g/mol. The number of benzene rings is 1. The van der Waals surface area contributed by atoms with Gasteiger partial charge < -0.3 is 14.7 Å². The van der Waals surface area contributed by atoms with Gasteiger partial charge in [0.1, 0.15) is 5.75 Å². The summed E-state index contributed by atoms with van der Waals surface area (Å²) in [6.07, 6.45) is 0.580. The average Bonchev–Trinajstić information content (AvgIpc) is 2.88. The minimum atomic E-state index is -0.0850. The molecule has 2 N–H and O–H groups in total. The highest BCUT2D eigenvalue weighted by molar-refractivity contribution is 5.94. The van der Waals surface area contributed by atoms with Gasteiger partial charge in [-0.25, -0.2) is 0 Å². The van der Waals surface area contributed by atoms with Crippen molar-refractivity contribution in [3.63, 3.8) is 0 Å². The van der Waals surface area contributed by atoms with Gasteiger partial charge in [0.2, 0.25) is 0 Å². The summed E-state index contributed by atoms with van der Waals surface area (Å²) >= 11 is 0. The standard InChI is InChI=1S/C15H17N3O3/c1-2-21-11-5-3-10(4-6-11)15(20)18-8-7-12-13(9-18)16-17-14(12)19/h3-6H,2,7-9H2,1H3,(H2,16,17,19). The van der Waals surface area contributed by atoms with E-state index in [0.29, 0.717) is 31.7 Å². The number of carbonyl (C=O) groups excluding carboxylic acids is 1. The molecule has 21 heavy (non-hydrogen) atoms. The predicted molar refractivity (Wildman–Crippen MR) is 77.5 cm³/mol. The van der Waals surface area contributed by atoms with E-state index in [1.807, 2.05) is 6.92 Å². The molecule has 1 aliphatic heterocycles. The van der Waals surface area contributed by atoms with Crippen LogP contribution in [0.15, 0.2) is 29.1 Å². The molecule has 0 atom stereocenters. The topological polar surface area (TPSA) is 78.2 Å². The highest BCUT2D eigenvalue weighted by Crippen LogP contribution is 2.18. The molecule has 0 saturated carbocycles. The van der Waals surface area contributed by atoms with Crippen LogP contribution in [0.1, 0.15) is 28.5 Å². The molecule has 0 bridgehead atoms. The Kier molecular flexibility index (Phi) is 3.51. The molecule has 0 radical (unpaired) electrons. The highest BCUT2D eigenvalue weighted by atomic mass is 16.5. The molecule has 110 valence electrons. The largest absolute Gasteiger partial charge is 0.494 e. The molecule has 6 heteroatoms. The first-order valence-corrected chi connectivity index (χ1v) is 6.99. The number of aromatic nitrogens is 2. The number of nitrogens with zero attached hydrogens (tertiary/aromatic N) is 1. The second-order valence-electron chi connectivity index (χ2n) is 4.97. The molecule has 2 heterocycles. The zero-order valence-electron chi connectivity index (χ0n) is 11.8. The Hall–Kier alpha value is -2.50. The number of carbonyl (C=O) groups is 1. The zero-order chi connectivity index (χ0) is 14.8. The normalized spacial score (nSPS) is 13.9. The quantitative estimate of drug-likeness (QED) is 0.893. The molecule has 1 aromatic heterocycles. The van der Waals surface area contributed by atoms with Gasteiger partial charge in [0.05, 0.1) is 18.8 Å². The van der Waals surface area contributed by atoms with E-state index in [0.717, 1.165) is 17.0 Å². The van der Waals surface area contributed by atoms with Crippen LogP contribution in [0.3, 0.4) is 0 Å². The van der Waals surface area contributed by atoms with Crippen molar-refractivity contribution in [3.05, 3.63) is 51.4 Å². The van der Waals surface area contributed by atoms with E-state index in [1.54, 1.807) is 29.2 Å². The van der Waals surface area contributed by atoms with Crippen molar-refractivity contribution in [1.82, 2.24) is 15.1 Å². The van der Waals surface area contributed by atoms with Crippen LogP contribution in [0.2, 0.25) is 0 Å². The lowest BCUT2D eigenvalue weighted by atomic mass is 10.1. The Bertz CT molecular complexity index is 700. The number of fused-ring (bicyclic) bond motifs is 1. The Morgan fingerprint density at radius 2 is 2.05 bits per heavy atom. The van der Waals surface area contributed by atoms with Crippen LogP contribution in [0.25, 0.3) is 0 Å². The molecule has 1 aromatic carbocycles. The van der Waals surface area contributed by atoms with Gasteiger partial charge in [-0.3, -0.25) is 14.7 Å². The van der Waals surface area contributed by atoms with Crippen molar-refractivity contribution >= 4 is 5.91 Å². The number of hydrogen-bond donors (Lipinski definition) is 2. The van der Waals surface area contributed by atoms with Crippen molar-refractivity contribution < 1.29 is 9.53 Å². The number of hydrogen-bond acceptors (Lipinski definition) is 3. The number of amides is 1. The first kappa shape index (κ1) is 13.5. The molecule has 0 aliphatic carbocycles. The van der Waals surface area contributed by atoms with E-state index in [9.17, 15) is 9.59 Å². The maximum absolute atomic E-state index is 12.5. The van der Waals surface area contributed by atoms with Gasteiger partial charge in [0, 0.05) is 17.7 Å². The first-order valence-electron chi connectivity index (χ1n) is 6.99. The molecular weight excluding hydrogens is 270 g/mol. The molecule has 1 aliphatic rings. The fourth-order valence-electron chi connectivity index (χ4n) is 2.55. The smallest absolute Gasteiger partial charge is 0.267 e. The molecule has 6 nitrogen and oxygen atoms in total. The van der Waals surface area contributed by atoms with Gasteiger partial charge in [0.25, 0.3) is 11.5 Å². The molecule has 2 aromatic rings. The van der Waals surface area contributed by atoms with Crippen molar-refractivity contribution in [1.29, 1.82) is 0 Å². The summed E-state index contributed by atoms with van der Waals surface area (Å²) in [6, 6.07) is 7.12. The SMILES string of the molecule is CCOc1ccc(C(=O)N2CCc3c([nH][nH]c3=O)C2)cc1. The summed E-state index contributed by atoms with van der Waals surface area (Å²) in [7, 11) is 0. The van der Waals surface area contributed by atoms with Gasteiger partial charge >= 0.3 is 0 Å². The summed E-state index contributed by atoms with van der Waals surface area (Å²) < 4.78 is 5.37. The number of aromatic amines is 2. The van der Waals surface area contributed by atoms with Crippen LogP contribution in [-0.4, -0.2) is 34.2 Å². The van der Waals surface area contributed by atoms with Gasteiger partial charge in [0.15, 0.2) is 0 Å². The summed E-state index contributed by atoms with van der Waals surface area (Å²) in [5.41, 5.74) is 2.09. The second kappa shape index (κ2) is 5.47. The zero-order valence-corrected chi connectivity index (χ0v) is 11.8. The Morgan fingerprint density at radius 3 is 2.76 bits per heavy atom. The molecule has 0 spiro atoms. The summed E-state index contributed by atoms with van der Waals surface area (Å²) in [6.45, 7) is 3.51. The van der Waals surface area contributed by atoms with Crippen LogP contribution in [0.4, 0.5) is 0 Å². The number of H-pyrrole nitrogens is 2. The summed E-state index contributed by atoms with van der Waals surface area (Å²) in [5.74, 6) is 0.718. The van der Waals surface area contributed by atoms with Crippen molar-refractivity contribution in [2.75, 3.05) is 13.2 Å². The maximum atomic E-state index is 12.5. The van der Waals surface area contributed by atoms with Crippen LogP contribution in [0.5, 0.6) is 5.75 Å². The minimum absolute atomic E-state index is 0.0363. The van der Waals surface area contributed by atoms with Crippen LogP contribution in [0, 0.1) is 0 Å². The third kappa shape index (κ3) is 2.56. The third-order valence-electron chi connectivity index (χ3n) is 3.65. The lowest BCUT2D eigenvalue weighted by Crippen LogP contribution is -2.36. The number of rotatable bonds is 3. The third-order valence-corrected chi connectivity index (χ3v) is 3.65. The summed E-state index contributed by atoms with van der Waals surface area (Å²) in [4.78, 5) is 25.7. The van der Waals surface area contributed by atoms with E-state index in [2.05, 4.69) is 10.2 Å². The van der Waals surface area contributed by atoms with E-state index in [1.165, 1.54) is 0 Å². The predicted octanol–water partition coefficient (Wildman–Crippen LogP) is 1.30. The lowest BCUT2D eigenvalue weighted by molar-refractivity contribution is 0.0732. The fraction of sp³-hybridized carbons (Fsp3) is 0.333. The second-order valence-corrected chi connectivity index (χ2v) is 4.97. The summed E-state index contributed by atoms with van der Waals surface area (Å²) in [5, 5.41) is 5.40. The van der Waals surface area contributed by atoms with E-state index >= 15 is 0 Å². The van der Waals surface area contributed by atoms with Crippen molar-refractivity contribution in [3.8, 4) is 5.75 Å². The average molecular weight is 287 g/mol. The molecule has 0 unspecified atom stereocenters. The maximum Gasteiger partial charge on any atom is 0.267 e. The molecular formula is C15H17N3O3. The molecule has 1 amide bonds. The van der Waals surface area contributed by atoms with Gasteiger partial charge in [-0.05, 0) is 37.6 Å². The van der Waals surface area contributed by atoms with Crippen LogP contribution in [-0.2, 0) is 13.0 Å². The Labute approximate surface area is 121 Å². The Morgan fingerprint density at radius 1 is 1.29 bits per heavy atom. The van der Waals surface area contributed by atoms with E-state index in [-0.39, 0.29) is 11.5 Å². The van der Waals surface area contributed by atoms with Crippen LogP contribution >= 0.6 is 0 Å². The van der Waals surface area contributed by atoms with Gasteiger partial charge in [-0.2, -0.15) is 0 Å². The van der Waals surface area contributed by atoms with Gasteiger partial charge in [-0.15, -0.1) is 0 Å². The van der Waals surface area contributed by atoms with E-state index < -0.39 is 0 Å². The minimum Gasteiger partial charge on any atom is -0.494 e. The molecule has 3 rings (SSSR count). The lowest BCUT2D eigenvalue weighted by Gasteiger charge is -2.26. The van der Waals surface area contributed by atoms with Crippen molar-refractivity contribution in [2.45, 2.75) is 19.9 Å². The molecule has 0 saturated heterocycles. The van der Waals surface area contributed by atoms with Gasteiger partial charge in [-0.1, -0.05) is 0 Å². The van der Waals surface area contributed by atoms with Crippen molar-refractivity contribution in [2.24, 2.45) is 0 Å². The van der Waals surface area contributed by atoms with E-state index in [4.69, 9.17) is 4.74 Å².